The highest BCUT2D eigenvalue weighted by Crippen LogP contribution is 2.12. The van der Waals surface area contributed by atoms with Gasteiger partial charge in [-0.3, -0.25) is 4.79 Å². The van der Waals surface area contributed by atoms with Gasteiger partial charge in [0.1, 0.15) is 5.69 Å². The van der Waals surface area contributed by atoms with E-state index in [4.69, 9.17) is 0 Å². The third kappa shape index (κ3) is 2.73. The van der Waals surface area contributed by atoms with Gasteiger partial charge in [-0.15, -0.1) is 0 Å². The fourth-order valence-corrected chi connectivity index (χ4v) is 1.63. The SMILES string of the molecule is O=C(NC(CO)c1ccccc1)c1ccc[nH]1. The van der Waals surface area contributed by atoms with Crippen LogP contribution in [0.3, 0.4) is 0 Å². The van der Waals surface area contributed by atoms with Crippen molar-refractivity contribution < 1.29 is 9.90 Å². The summed E-state index contributed by atoms with van der Waals surface area (Å²) in [7, 11) is 0. The zero-order chi connectivity index (χ0) is 12.1. The van der Waals surface area contributed by atoms with Crippen molar-refractivity contribution in [2.45, 2.75) is 6.04 Å². The third-order valence-corrected chi connectivity index (χ3v) is 2.53. The van der Waals surface area contributed by atoms with Crippen LogP contribution in [0.1, 0.15) is 22.1 Å². The maximum absolute atomic E-state index is 11.8. The molecule has 4 heteroatoms. The first-order valence-electron chi connectivity index (χ1n) is 5.41. The van der Waals surface area contributed by atoms with Crippen LogP contribution in [-0.4, -0.2) is 22.6 Å². The zero-order valence-electron chi connectivity index (χ0n) is 9.26. The highest BCUT2D eigenvalue weighted by atomic mass is 16.3. The van der Waals surface area contributed by atoms with Crippen LogP contribution >= 0.6 is 0 Å². The lowest BCUT2D eigenvalue weighted by molar-refractivity contribution is 0.0912. The lowest BCUT2D eigenvalue weighted by atomic mass is 10.1. The minimum Gasteiger partial charge on any atom is -0.394 e. The average molecular weight is 230 g/mol. The molecule has 1 aromatic heterocycles. The fourth-order valence-electron chi connectivity index (χ4n) is 1.63. The van der Waals surface area contributed by atoms with Crippen molar-refractivity contribution in [3.8, 4) is 0 Å². The number of aliphatic hydroxyl groups is 1. The van der Waals surface area contributed by atoms with Crippen molar-refractivity contribution in [1.29, 1.82) is 0 Å². The number of amides is 1. The molecular formula is C13H14N2O2. The summed E-state index contributed by atoms with van der Waals surface area (Å²) in [5, 5.41) is 12.1. The molecule has 17 heavy (non-hydrogen) atoms. The van der Waals surface area contributed by atoms with Gasteiger partial charge < -0.3 is 15.4 Å². The summed E-state index contributed by atoms with van der Waals surface area (Å²) in [6.45, 7) is -0.129. The van der Waals surface area contributed by atoms with Crippen LogP contribution in [-0.2, 0) is 0 Å². The van der Waals surface area contributed by atoms with Crippen LogP contribution in [0.4, 0.5) is 0 Å². The van der Waals surface area contributed by atoms with Crippen molar-refractivity contribution >= 4 is 5.91 Å². The molecule has 0 aliphatic carbocycles. The predicted octanol–water partition coefficient (Wildman–Crippen LogP) is 1.48. The molecule has 0 saturated carbocycles. The molecule has 0 radical (unpaired) electrons. The molecule has 1 unspecified atom stereocenters. The zero-order valence-corrected chi connectivity index (χ0v) is 9.26. The summed E-state index contributed by atoms with van der Waals surface area (Å²) in [6, 6.07) is 12.4. The second-order valence-electron chi connectivity index (χ2n) is 3.70. The molecule has 1 atom stereocenters. The molecule has 1 heterocycles. The molecule has 0 bridgehead atoms. The lowest BCUT2D eigenvalue weighted by Crippen LogP contribution is -2.30. The van der Waals surface area contributed by atoms with Gasteiger partial charge in [-0.05, 0) is 17.7 Å². The Balaban J connectivity index is 2.09. The largest absolute Gasteiger partial charge is 0.394 e. The van der Waals surface area contributed by atoms with E-state index in [0.717, 1.165) is 5.56 Å². The third-order valence-electron chi connectivity index (χ3n) is 2.53. The summed E-state index contributed by atoms with van der Waals surface area (Å²) in [5.74, 6) is -0.224. The number of aromatic amines is 1. The van der Waals surface area contributed by atoms with E-state index in [2.05, 4.69) is 10.3 Å². The highest BCUT2D eigenvalue weighted by molar-refractivity contribution is 5.92. The molecular weight excluding hydrogens is 216 g/mol. The number of aromatic nitrogens is 1. The van der Waals surface area contributed by atoms with E-state index in [9.17, 15) is 9.90 Å². The fraction of sp³-hybridized carbons (Fsp3) is 0.154. The maximum atomic E-state index is 11.8. The van der Waals surface area contributed by atoms with Gasteiger partial charge in [-0.25, -0.2) is 0 Å². The van der Waals surface area contributed by atoms with Crippen molar-refractivity contribution in [2.24, 2.45) is 0 Å². The van der Waals surface area contributed by atoms with Gasteiger partial charge in [0.05, 0.1) is 12.6 Å². The van der Waals surface area contributed by atoms with Crippen LogP contribution in [0, 0.1) is 0 Å². The molecule has 0 spiro atoms. The highest BCUT2D eigenvalue weighted by Gasteiger charge is 2.14. The van der Waals surface area contributed by atoms with Crippen molar-refractivity contribution in [3.63, 3.8) is 0 Å². The Morgan fingerprint density at radius 1 is 1.24 bits per heavy atom. The Bertz CT molecular complexity index is 465. The number of nitrogens with one attached hydrogen (secondary N) is 2. The van der Waals surface area contributed by atoms with Crippen molar-refractivity contribution in [1.82, 2.24) is 10.3 Å². The molecule has 88 valence electrons. The number of H-pyrrole nitrogens is 1. The van der Waals surface area contributed by atoms with E-state index >= 15 is 0 Å². The molecule has 1 aromatic carbocycles. The van der Waals surface area contributed by atoms with Crippen molar-refractivity contribution in [3.05, 3.63) is 59.9 Å². The molecule has 1 amide bonds. The van der Waals surface area contributed by atoms with Crippen LogP contribution in [0.15, 0.2) is 48.7 Å². The van der Waals surface area contributed by atoms with E-state index < -0.39 is 0 Å². The first kappa shape index (κ1) is 11.4. The molecule has 4 nitrogen and oxygen atoms in total. The van der Waals surface area contributed by atoms with Gasteiger partial charge in [-0.2, -0.15) is 0 Å². The van der Waals surface area contributed by atoms with Gasteiger partial charge in [0.25, 0.3) is 5.91 Å². The van der Waals surface area contributed by atoms with Crippen LogP contribution in [0.5, 0.6) is 0 Å². The molecule has 0 aliphatic rings. The number of carbonyl (C=O) groups excluding carboxylic acids is 1. The van der Waals surface area contributed by atoms with E-state index in [1.807, 2.05) is 30.3 Å². The summed E-state index contributed by atoms with van der Waals surface area (Å²) in [4.78, 5) is 14.6. The number of hydrogen-bond donors (Lipinski definition) is 3. The smallest absolute Gasteiger partial charge is 0.268 e. The van der Waals surface area contributed by atoms with Gasteiger partial charge in [0, 0.05) is 6.20 Å². The van der Waals surface area contributed by atoms with Crippen LogP contribution < -0.4 is 5.32 Å². The first-order chi connectivity index (χ1) is 8.31. The van der Waals surface area contributed by atoms with E-state index in [1.54, 1.807) is 18.3 Å². The Hall–Kier alpha value is -2.07. The second-order valence-corrected chi connectivity index (χ2v) is 3.70. The van der Waals surface area contributed by atoms with Gasteiger partial charge in [-0.1, -0.05) is 30.3 Å². The number of benzene rings is 1. The molecule has 0 fully saturated rings. The number of rotatable bonds is 4. The van der Waals surface area contributed by atoms with Gasteiger partial charge >= 0.3 is 0 Å². The van der Waals surface area contributed by atoms with Crippen molar-refractivity contribution in [2.75, 3.05) is 6.61 Å². The number of aliphatic hydroxyl groups excluding tert-OH is 1. The topological polar surface area (TPSA) is 65.1 Å². The summed E-state index contributed by atoms with van der Waals surface area (Å²) >= 11 is 0. The van der Waals surface area contributed by atoms with Gasteiger partial charge in [0.15, 0.2) is 0 Å². The molecule has 3 N–H and O–H groups in total. The lowest BCUT2D eigenvalue weighted by Gasteiger charge is -2.16. The minimum atomic E-state index is -0.382. The average Bonchev–Trinajstić information content (AvgIpc) is 2.90. The predicted molar refractivity (Wildman–Crippen MR) is 64.5 cm³/mol. The normalized spacial score (nSPS) is 12.1. The maximum Gasteiger partial charge on any atom is 0.268 e. The van der Waals surface area contributed by atoms with E-state index in [1.165, 1.54) is 0 Å². The van der Waals surface area contributed by atoms with Gasteiger partial charge in [0.2, 0.25) is 0 Å². The van der Waals surface area contributed by atoms with E-state index in [0.29, 0.717) is 5.69 Å². The Morgan fingerprint density at radius 2 is 2.00 bits per heavy atom. The standard InChI is InChI=1S/C13H14N2O2/c16-9-12(10-5-2-1-3-6-10)15-13(17)11-7-4-8-14-11/h1-8,12,14,16H,9H2,(H,15,17). The Kier molecular flexibility index (Phi) is 3.57. The number of hydrogen-bond acceptors (Lipinski definition) is 2. The monoisotopic (exact) mass is 230 g/mol. The summed E-state index contributed by atoms with van der Waals surface area (Å²) < 4.78 is 0. The Labute approximate surface area is 99.3 Å². The quantitative estimate of drug-likeness (QED) is 0.744. The summed E-state index contributed by atoms with van der Waals surface area (Å²) in [6.07, 6.45) is 1.69. The number of carbonyl (C=O) groups is 1. The Morgan fingerprint density at radius 3 is 2.59 bits per heavy atom. The molecule has 0 aliphatic heterocycles. The molecule has 2 aromatic rings. The summed E-state index contributed by atoms with van der Waals surface area (Å²) in [5.41, 5.74) is 1.37. The van der Waals surface area contributed by atoms with E-state index in [-0.39, 0.29) is 18.6 Å². The van der Waals surface area contributed by atoms with Crippen LogP contribution in [0.25, 0.3) is 0 Å². The first-order valence-corrected chi connectivity index (χ1v) is 5.41. The second kappa shape index (κ2) is 5.32. The van der Waals surface area contributed by atoms with Crippen LogP contribution in [0.2, 0.25) is 0 Å². The molecule has 2 rings (SSSR count). The molecule has 0 saturated heterocycles. The minimum absolute atomic E-state index is 0.129.